The summed E-state index contributed by atoms with van der Waals surface area (Å²) in [6.07, 6.45) is 7.94. The molecule has 1 aliphatic carbocycles. The van der Waals surface area contributed by atoms with Crippen LogP contribution in [0, 0.1) is 5.92 Å². The molecule has 1 aromatic carbocycles. The summed E-state index contributed by atoms with van der Waals surface area (Å²) in [7, 11) is 3.20. The van der Waals surface area contributed by atoms with Crippen molar-refractivity contribution in [1.82, 2.24) is 24.5 Å². The van der Waals surface area contributed by atoms with E-state index < -0.39 is 0 Å². The van der Waals surface area contributed by atoms with Crippen LogP contribution in [0.2, 0.25) is 0 Å². The van der Waals surface area contributed by atoms with Crippen LogP contribution in [0.4, 0.5) is 0 Å². The fraction of sp³-hybridized carbons (Fsp3) is 0.286. The molecule has 0 aliphatic heterocycles. The quantitative estimate of drug-likeness (QED) is 0.618. The Morgan fingerprint density at radius 1 is 1.20 bits per heavy atom. The van der Waals surface area contributed by atoms with Crippen LogP contribution in [0.3, 0.4) is 0 Å². The zero-order valence-electron chi connectivity index (χ0n) is 16.8. The van der Waals surface area contributed by atoms with Gasteiger partial charge in [-0.2, -0.15) is 9.78 Å². The van der Waals surface area contributed by atoms with E-state index in [2.05, 4.69) is 15.3 Å². The van der Waals surface area contributed by atoms with Crippen molar-refractivity contribution in [1.29, 1.82) is 0 Å². The third-order valence-electron chi connectivity index (χ3n) is 5.11. The summed E-state index contributed by atoms with van der Waals surface area (Å²) in [6.45, 7) is 0.0191. The normalized spacial score (nSPS) is 16.2. The number of nitrogens with one attached hydrogen (secondary N) is 1. The second kappa shape index (κ2) is 8.42. The number of aromatic nitrogens is 5. The monoisotopic (exact) mass is 409 g/mol. The zero-order chi connectivity index (χ0) is 21.1. The molecular weight excluding hydrogens is 386 g/mol. The number of aliphatic hydroxyl groups is 1. The van der Waals surface area contributed by atoms with Gasteiger partial charge in [-0.1, -0.05) is 12.1 Å². The maximum atomic E-state index is 13.1. The van der Waals surface area contributed by atoms with Crippen LogP contribution in [0.25, 0.3) is 16.8 Å². The van der Waals surface area contributed by atoms with Gasteiger partial charge in [-0.25, -0.2) is 4.79 Å². The van der Waals surface area contributed by atoms with Crippen molar-refractivity contribution in [2.75, 3.05) is 14.2 Å². The molecule has 1 unspecified atom stereocenters. The van der Waals surface area contributed by atoms with E-state index in [1.54, 1.807) is 26.6 Å². The highest BCUT2D eigenvalue weighted by Crippen LogP contribution is 2.25. The van der Waals surface area contributed by atoms with Gasteiger partial charge in [-0.05, 0) is 23.8 Å². The van der Waals surface area contributed by atoms with Gasteiger partial charge in [0, 0.05) is 36.7 Å². The average molecular weight is 409 g/mol. The highest BCUT2D eigenvalue weighted by molar-refractivity contribution is 5.62. The molecule has 1 aliphatic rings. The SMILES string of the molecule is COC1=CC(Cn2c(CO)nn(-c3ccc(-c4cn[nH]c4)cc3)c2=O)CC(OC)=C1. The number of ether oxygens (including phenoxy) is 2. The van der Waals surface area contributed by atoms with Crippen molar-refractivity contribution in [3.05, 3.63) is 76.6 Å². The minimum atomic E-state index is -0.337. The molecule has 156 valence electrons. The zero-order valence-corrected chi connectivity index (χ0v) is 16.8. The lowest BCUT2D eigenvalue weighted by Gasteiger charge is -2.20. The third kappa shape index (κ3) is 3.79. The molecule has 2 heterocycles. The number of aromatic amines is 1. The number of benzene rings is 1. The van der Waals surface area contributed by atoms with Crippen LogP contribution in [-0.2, 0) is 22.6 Å². The van der Waals surface area contributed by atoms with E-state index in [-0.39, 0.29) is 18.2 Å². The van der Waals surface area contributed by atoms with Crippen molar-refractivity contribution in [2.45, 2.75) is 19.6 Å². The molecular formula is C21H23N5O4. The first kappa shape index (κ1) is 19.7. The molecule has 2 aromatic heterocycles. The smallest absolute Gasteiger partial charge is 0.350 e. The Kier molecular flexibility index (Phi) is 5.53. The van der Waals surface area contributed by atoms with Gasteiger partial charge in [0.05, 0.1) is 31.9 Å². The first-order chi connectivity index (χ1) is 14.6. The molecule has 4 rings (SSSR count). The van der Waals surface area contributed by atoms with Crippen molar-refractivity contribution < 1.29 is 14.6 Å². The van der Waals surface area contributed by atoms with Gasteiger partial charge in [0.1, 0.15) is 12.4 Å². The van der Waals surface area contributed by atoms with Gasteiger partial charge in [-0.3, -0.25) is 9.67 Å². The Morgan fingerprint density at radius 2 is 2.00 bits per heavy atom. The lowest BCUT2D eigenvalue weighted by atomic mass is 9.98. The summed E-state index contributed by atoms with van der Waals surface area (Å²) in [5, 5.41) is 20.8. The van der Waals surface area contributed by atoms with Gasteiger partial charge >= 0.3 is 5.69 Å². The Morgan fingerprint density at radius 3 is 2.63 bits per heavy atom. The Balaban J connectivity index is 1.63. The maximum absolute atomic E-state index is 13.1. The summed E-state index contributed by atoms with van der Waals surface area (Å²) >= 11 is 0. The van der Waals surface area contributed by atoms with Crippen LogP contribution in [0.5, 0.6) is 0 Å². The molecule has 0 bridgehead atoms. The Labute approximate surface area is 172 Å². The Bertz CT molecular complexity index is 1120. The van der Waals surface area contributed by atoms with Gasteiger partial charge in [-0.15, -0.1) is 5.10 Å². The molecule has 0 radical (unpaired) electrons. The van der Waals surface area contributed by atoms with Crippen LogP contribution in [0.15, 0.2) is 65.1 Å². The fourth-order valence-electron chi connectivity index (χ4n) is 3.55. The van der Waals surface area contributed by atoms with Crippen LogP contribution < -0.4 is 5.69 Å². The lowest BCUT2D eigenvalue weighted by molar-refractivity contribution is 0.235. The van der Waals surface area contributed by atoms with Gasteiger partial charge in [0.15, 0.2) is 5.82 Å². The fourth-order valence-corrected chi connectivity index (χ4v) is 3.55. The molecule has 30 heavy (non-hydrogen) atoms. The largest absolute Gasteiger partial charge is 0.501 e. The highest BCUT2D eigenvalue weighted by atomic mass is 16.5. The Hall–Kier alpha value is -3.59. The number of aliphatic hydroxyl groups excluding tert-OH is 1. The molecule has 0 saturated heterocycles. The van der Waals surface area contributed by atoms with Gasteiger partial charge < -0.3 is 14.6 Å². The van der Waals surface area contributed by atoms with Crippen LogP contribution in [-0.4, -0.2) is 43.9 Å². The summed E-state index contributed by atoms with van der Waals surface area (Å²) in [4.78, 5) is 13.1. The molecule has 3 aromatic rings. The van der Waals surface area contributed by atoms with Crippen molar-refractivity contribution in [3.63, 3.8) is 0 Å². The van der Waals surface area contributed by atoms with Crippen molar-refractivity contribution in [3.8, 4) is 16.8 Å². The minimum absolute atomic E-state index is 0.0241. The molecule has 2 N–H and O–H groups in total. The van der Waals surface area contributed by atoms with E-state index in [1.165, 1.54) is 9.25 Å². The average Bonchev–Trinajstić information content (AvgIpc) is 3.43. The summed E-state index contributed by atoms with van der Waals surface area (Å²) in [5.41, 5.74) is 2.24. The topological polar surface area (TPSA) is 107 Å². The standard InChI is InChI=1S/C21H23N5O4/c1-29-18-7-14(8-19(9-18)30-2)12-25-20(13-27)24-26(21(25)28)17-5-3-15(4-6-17)16-10-22-23-11-16/h3-7,9-11,14,27H,8,12-13H2,1-2H3,(H,22,23). The molecule has 0 amide bonds. The van der Waals surface area contributed by atoms with E-state index in [0.29, 0.717) is 30.2 Å². The van der Waals surface area contributed by atoms with E-state index >= 15 is 0 Å². The van der Waals surface area contributed by atoms with E-state index in [4.69, 9.17) is 9.47 Å². The number of H-pyrrole nitrogens is 1. The third-order valence-corrected chi connectivity index (χ3v) is 5.11. The van der Waals surface area contributed by atoms with Gasteiger partial charge in [0.25, 0.3) is 0 Å². The van der Waals surface area contributed by atoms with E-state index in [0.717, 1.165) is 16.9 Å². The second-order valence-electron chi connectivity index (χ2n) is 6.97. The first-order valence-electron chi connectivity index (χ1n) is 9.52. The van der Waals surface area contributed by atoms with Crippen LogP contribution >= 0.6 is 0 Å². The summed E-state index contributed by atoms with van der Waals surface area (Å²) < 4.78 is 13.5. The number of hydrogen-bond acceptors (Lipinski definition) is 6. The number of methoxy groups -OCH3 is 2. The predicted molar refractivity (Wildman–Crippen MR) is 110 cm³/mol. The predicted octanol–water partition coefficient (Wildman–Crippen LogP) is 2.00. The molecule has 0 spiro atoms. The molecule has 1 atom stereocenters. The van der Waals surface area contributed by atoms with E-state index in [9.17, 15) is 9.90 Å². The number of rotatable bonds is 7. The highest BCUT2D eigenvalue weighted by Gasteiger charge is 2.21. The van der Waals surface area contributed by atoms with Gasteiger partial charge in [0.2, 0.25) is 0 Å². The number of allylic oxidation sites excluding steroid dienone is 3. The molecule has 9 nitrogen and oxygen atoms in total. The number of hydrogen-bond donors (Lipinski definition) is 2. The second-order valence-corrected chi connectivity index (χ2v) is 6.97. The molecule has 9 heteroatoms. The molecule has 0 saturated carbocycles. The van der Waals surface area contributed by atoms with Crippen LogP contribution in [0.1, 0.15) is 12.2 Å². The summed E-state index contributed by atoms with van der Waals surface area (Å²) in [5.74, 6) is 1.74. The van der Waals surface area contributed by atoms with Crippen molar-refractivity contribution in [2.24, 2.45) is 5.92 Å². The van der Waals surface area contributed by atoms with Crippen molar-refractivity contribution >= 4 is 0 Å². The molecule has 0 fully saturated rings. The lowest BCUT2D eigenvalue weighted by Crippen LogP contribution is -2.28. The maximum Gasteiger partial charge on any atom is 0.350 e. The van der Waals surface area contributed by atoms with E-state index in [1.807, 2.05) is 36.4 Å². The first-order valence-corrected chi connectivity index (χ1v) is 9.52. The minimum Gasteiger partial charge on any atom is -0.501 e. The number of nitrogens with zero attached hydrogens (tertiary/aromatic N) is 4. The summed E-state index contributed by atoms with van der Waals surface area (Å²) in [6, 6.07) is 7.43.